The van der Waals surface area contributed by atoms with E-state index in [9.17, 15) is 9.59 Å². The molecule has 1 N–H and O–H groups in total. The molecule has 0 spiro atoms. The fourth-order valence-electron chi connectivity index (χ4n) is 4.04. The van der Waals surface area contributed by atoms with Crippen molar-refractivity contribution in [3.05, 3.63) is 62.0 Å². The van der Waals surface area contributed by atoms with E-state index < -0.39 is 0 Å². The second-order valence-electron chi connectivity index (χ2n) is 8.34. The van der Waals surface area contributed by atoms with Crippen molar-refractivity contribution in [1.82, 2.24) is 14.9 Å². The van der Waals surface area contributed by atoms with E-state index in [1.54, 1.807) is 11.3 Å². The zero-order valence-corrected chi connectivity index (χ0v) is 18.2. The van der Waals surface area contributed by atoms with Gasteiger partial charge in [-0.1, -0.05) is 25.1 Å². The number of benzene rings is 1. The Hall–Kier alpha value is -2.47. The molecule has 0 bridgehead atoms. The largest absolute Gasteiger partial charge is 0.348 e. The van der Waals surface area contributed by atoms with Crippen molar-refractivity contribution in [2.24, 2.45) is 5.92 Å². The van der Waals surface area contributed by atoms with E-state index in [4.69, 9.17) is 0 Å². The normalized spacial score (nSPS) is 17.2. The van der Waals surface area contributed by atoms with Crippen molar-refractivity contribution >= 4 is 27.5 Å². The molecule has 0 aliphatic heterocycles. The lowest BCUT2D eigenvalue weighted by molar-refractivity contribution is -0.122. The molecule has 1 aromatic carbocycles. The Morgan fingerprint density at radius 2 is 2.14 bits per heavy atom. The first-order chi connectivity index (χ1) is 13.8. The van der Waals surface area contributed by atoms with Crippen LogP contribution in [0.15, 0.2) is 29.3 Å². The summed E-state index contributed by atoms with van der Waals surface area (Å²) in [6.45, 7) is 8.33. The molecule has 29 heavy (non-hydrogen) atoms. The smallest absolute Gasteiger partial charge is 0.262 e. The number of carbonyl (C=O) groups excluding carboxylic acids is 1. The number of amides is 1. The Bertz CT molecular complexity index is 1140. The first kappa shape index (κ1) is 19.8. The van der Waals surface area contributed by atoms with Crippen LogP contribution in [-0.2, 0) is 24.2 Å². The maximum atomic E-state index is 13.1. The Labute approximate surface area is 174 Å². The standard InChI is InChI=1S/C23H27N3O2S/c1-13-5-8-18-19(9-13)29-22-21(18)23(28)26(12-24-22)11-20(27)25-16(4)17-7-6-14(2)15(3)10-17/h6-7,10,12-13,16H,5,8-9,11H2,1-4H3,(H,25,27)/t13-,16+/m1/s1. The van der Waals surface area contributed by atoms with Gasteiger partial charge in [0.1, 0.15) is 11.4 Å². The Kier molecular flexibility index (Phi) is 5.30. The zero-order valence-electron chi connectivity index (χ0n) is 17.4. The number of nitrogens with zero attached hydrogens (tertiary/aromatic N) is 2. The predicted octanol–water partition coefficient (Wildman–Crippen LogP) is 4.08. The molecule has 3 aromatic rings. The van der Waals surface area contributed by atoms with Gasteiger partial charge in [0, 0.05) is 4.88 Å². The van der Waals surface area contributed by atoms with Crippen molar-refractivity contribution in [2.75, 3.05) is 0 Å². The lowest BCUT2D eigenvalue weighted by Crippen LogP contribution is -2.34. The van der Waals surface area contributed by atoms with Crippen LogP contribution in [0.1, 0.15) is 53.4 Å². The van der Waals surface area contributed by atoms with E-state index in [0.29, 0.717) is 5.92 Å². The Morgan fingerprint density at radius 1 is 1.34 bits per heavy atom. The van der Waals surface area contributed by atoms with Gasteiger partial charge in [0.25, 0.3) is 5.56 Å². The highest BCUT2D eigenvalue weighted by atomic mass is 32.1. The summed E-state index contributed by atoms with van der Waals surface area (Å²) in [6.07, 6.45) is 4.55. The minimum absolute atomic E-state index is 0.0159. The number of aryl methyl sites for hydroxylation is 3. The van der Waals surface area contributed by atoms with Gasteiger partial charge in [-0.3, -0.25) is 14.2 Å². The van der Waals surface area contributed by atoms with E-state index in [0.717, 1.165) is 40.6 Å². The van der Waals surface area contributed by atoms with Gasteiger partial charge in [-0.15, -0.1) is 11.3 Å². The van der Waals surface area contributed by atoms with Gasteiger partial charge in [-0.2, -0.15) is 0 Å². The van der Waals surface area contributed by atoms with E-state index >= 15 is 0 Å². The van der Waals surface area contributed by atoms with Gasteiger partial charge in [0.15, 0.2) is 0 Å². The van der Waals surface area contributed by atoms with Crippen LogP contribution in [0.5, 0.6) is 0 Å². The van der Waals surface area contributed by atoms with Crippen LogP contribution >= 0.6 is 11.3 Å². The van der Waals surface area contributed by atoms with E-state index in [2.05, 4.69) is 43.2 Å². The molecule has 1 aliphatic carbocycles. The molecule has 4 rings (SSSR count). The summed E-state index contributed by atoms with van der Waals surface area (Å²) in [5, 5.41) is 3.72. The van der Waals surface area contributed by atoms with Crippen LogP contribution in [0.3, 0.4) is 0 Å². The molecule has 0 fully saturated rings. The van der Waals surface area contributed by atoms with Gasteiger partial charge in [0.2, 0.25) is 5.91 Å². The first-order valence-corrected chi connectivity index (χ1v) is 11.0. The second-order valence-corrected chi connectivity index (χ2v) is 9.43. The van der Waals surface area contributed by atoms with Gasteiger partial charge in [-0.05, 0) is 68.2 Å². The van der Waals surface area contributed by atoms with Crippen molar-refractivity contribution in [1.29, 1.82) is 0 Å². The maximum absolute atomic E-state index is 13.1. The topological polar surface area (TPSA) is 64.0 Å². The lowest BCUT2D eigenvalue weighted by atomic mass is 9.89. The summed E-state index contributed by atoms with van der Waals surface area (Å²) in [7, 11) is 0. The second kappa shape index (κ2) is 7.75. The van der Waals surface area contributed by atoms with Gasteiger partial charge < -0.3 is 5.32 Å². The summed E-state index contributed by atoms with van der Waals surface area (Å²) in [5.41, 5.74) is 4.54. The van der Waals surface area contributed by atoms with Crippen LogP contribution in [0.25, 0.3) is 10.2 Å². The number of nitrogens with one attached hydrogen (secondary N) is 1. The number of carbonyl (C=O) groups is 1. The first-order valence-electron chi connectivity index (χ1n) is 10.2. The predicted molar refractivity (Wildman–Crippen MR) is 118 cm³/mol. The monoisotopic (exact) mass is 409 g/mol. The van der Waals surface area contributed by atoms with E-state index in [1.807, 2.05) is 13.0 Å². The SMILES string of the molecule is Cc1ccc([C@H](C)NC(=O)Cn2cnc3sc4c(c3c2=O)CC[C@@H](C)C4)cc1C. The third kappa shape index (κ3) is 3.86. The van der Waals surface area contributed by atoms with Gasteiger partial charge in [-0.25, -0.2) is 4.98 Å². The molecule has 0 saturated carbocycles. The van der Waals surface area contributed by atoms with Crippen molar-refractivity contribution in [3.8, 4) is 0 Å². The quantitative estimate of drug-likeness (QED) is 0.706. The molecule has 0 saturated heterocycles. The highest BCUT2D eigenvalue weighted by Crippen LogP contribution is 2.35. The molecule has 2 atom stereocenters. The molecule has 152 valence electrons. The highest BCUT2D eigenvalue weighted by Gasteiger charge is 2.23. The van der Waals surface area contributed by atoms with Crippen LogP contribution in [0, 0.1) is 19.8 Å². The molecule has 2 heterocycles. The summed E-state index contributed by atoms with van der Waals surface area (Å²) < 4.78 is 1.44. The van der Waals surface area contributed by atoms with Crippen LogP contribution in [0.4, 0.5) is 0 Å². The van der Waals surface area contributed by atoms with Gasteiger partial charge in [0.05, 0.1) is 17.8 Å². The minimum Gasteiger partial charge on any atom is -0.348 e. The number of hydrogen-bond donors (Lipinski definition) is 1. The van der Waals surface area contributed by atoms with Crippen LogP contribution < -0.4 is 10.9 Å². The summed E-state index contributed by atoms with van der Waals surface area (Å²) in [6, 6.07) is 6.07. The van der Waals surface area contributed by atoms with E-state index in [1.165, 1.54) is 26.9 Å². The molecule has 5 nitrogen and oxygen atoms in total. The van der Waals surface area contributed by atoms with Crippen molar-refractivity contribution in [2.45, 2.75) is 59.5 Å². The van der Waals surface area contributed by atoms with E-state index in [-0.39, 0.29) is 24.1 Å². The fourth-order valence-corrected chi connectivity index (χ4v) is 5.38. The average molecular weight is 410 g/mol. The number of rotatable bonds is 4. The molecular formula is C23H27N3O2S. The minimum atomic E-state index is -0.184. The number of fused-ring (bicyclic) bond motifs is 3. The molecule has 2 aromatic heterocycles. The van der Waals surface area contributed by atoms with Crippen molar-refractivity contribution in [3.63, 3.8) is 0 Å². The van der Waals surface area contributed by atoms with Gasteiger partial charge >= 0.3 is 0 Å². The Balaban J connectivity index is 1.54. The molecular weight excluding hydrogens is 382 g/mol. The zero-order chi connectivity index (χ0) is 20.7. The maximum Gasteiger partial charge on any atom is 0.262 e. The number of thiophene rings is 1. The molecule has 1 aliphatic rings. The number of hydrogen-bond acceptors (Lipinski definition) is 4. The summed E-state index contributed by atoms with van der Waals surface area (Å²) >= 11 is 1.63. The molecule has 0 radical (unpaired) electrons. The van der Waals surface area contributed by atoms with Crippen molar-refractivity contribution < 1.29 is 4.79 Å². The highest BCUT2D eigenvalue weighted by molar-refractivity contribution is 7.18. The third-order valence-corrected chi connectivity index (χ3v) is 7.17. The molecule has 1 amide bonds. The third-order valence-electron chi connectivity index (χ3n) is 6.00. The van der Waals surface area contributed by atoms with Crippen LogP contribution in [0.2, 0.25) is 0 Å². The van der Waals surface area contributed by atoms with Crippen LogP contribution in [-0.4, -0.2) is 15.5 Å². The summed E-state index contributed by atoms with van der Waals surface area (Å²) in [4.78, 5) is 32.2. The lowest BCUT2D eigenvalue weighted by Gasteiger charge is -2.17. The number of aromatic nitrogens is 2. The molecule has 0 unspecified atom stereocenters. The average Bonchev–Trinajstić information content (AvgIpc) is 3.04. The molecule has 6 heteroatoms. The summed E-state index contributed by atoms with van der Waals surface area (Å²) in [5.74, 6) is 0.465. The Morgan fingerprint density at radius 3 is 2.90 bits per heavy atom. The fraction of sp³-hybridized carbons (Fsp3) is 0.435.